The van der Waals surface area contributed by atoms with Gasteiger partial charge in [-0.2, -0.15) is 0 Å². The number of methoxy groups -OCH3 is 1. The molecule has 4 nitrogen and oxygen atoms in total. The molecule has 2 unspecified atom stereocenters. The fourth-order valence-corrected chi connectivity index (χ4v) is 2.79. The van der Waals surface area contributed by atoms with Crippen LogP contribution in [0.1, 0.15) is 33.1 Å². The van der Waals surface area contributed by atoms with E-state index >= 15 is 0 Å². The predicted octanol–water partition coefficient (Wildman–Crippen LogP) is 0.874. The van der Waals surface area contributed by atoms with Gasteiger partial charge >= 0.3 is 0 Å². The van der Waals surface area contributed by atoms with Gasteiger partial charge in [-0.05, 0) is 19.4 Å². The largest absolute Gasteiger partial charge is 0.342 e. The Hall–Kier alpha value is -0.230. The molecule has 96 valence electrons. The molecule has 2 aliphatic heterocycles. The van der Waals surface area contributed by atoms with E-state index in [1.165, 1.54) is 7.11 Å². The molecule has 0 amide bonds. The number of hydrogen-bond acceptors (Lipinski definition) is 4. The van der Waals surface area contributed by atoms with E-state index in [0.717, 1.165) is 6.42 Å². The Morgan fingerprint density at radius 3 is 2.62 bits per heavy atom. The molecule has 0 spiro atoms. The summed E-state index contributed by atoms with van der Waals surface area (Å²) in [6.07, 6.45) is 0.602. The number of nitrogens with zero attached hydrogens (tertiary/aromatic N) is 1. The molecule has 2 aliphatic rings. The Kier molecular flexibility index (Phi) is 4.29. The zero-order valence-corrected chi connectivity index (χ0v) is 10.2. The molecule has 0 saturated carbocycles. The summed E-state index contributed by atoms with van der Waals surface area (Å²) in [4.78, 5) is 1.79. The molecule has 2 saturated heterocycles. The normalized spacial score (nSPS) is 34.5. The van der Waals surface area contributed by atoms with Gasteiger partial charge in [0.2, 0.25) is 0 Å². The van der Waals surface area contributed by atoms with Crippen LogP contribution in [-0.2, 0) is 4.74 Å². The van der Waals surface area contributed by atoms with Crippen LogP contribution in [0.4, 0.5) is 4.39 Å². The lowest BCUT2D eigenvalue weighted by atomic mass is 9.90. The summed E-state index contributed by atoms with van der Waals surface area (Å²) in [6.45, 7) is 5.00. The van der Waals surface area contributed by atoms with Gasteiger partial charge in [0, 0.05) is 20.1 Å². The van der Waals surface area contributed by atoms with Crippen LogP contribution in [0.25, 0.3) is 0 Å². The number of rotatable bonds is 2. The number of hydrogen-bond donors (Lipinski definition) is 2. The third-order valence-corrected chi connectivity index (χ3v) is 3.49. The smallest absolute Gasteiger partial charge is 0.297 e. The maximum Gasteiger partial charge on any atom is 0.297 e. The summed E-state index contributed by atoms with van der Waals surface area (Å²) in [5, 5.41) is 19.5. The summed E-state index contributed by atoms with van der Waals surface area (Å²) < 4.78 is 17.9. The van der Waals surface area contributed by atoms with Gasteiger partial charge in [-0.25, -0.2) is 4.39 Å². The van der Waals surface area contributed by atoms with Crippen molar-refractivity contribution in [2.24, 2.45) is 0 Å². The Morgan fingerprint density at radius 1 is 1.44 bits per heavy atom. The van der Waals surface area contributed by atoms with E-state index in [4.69, 9.17) is 0 Å². The van der Waals surface area contributed by atoms with E-state index in [1.54, 1.807) is 4.90 Å². The van der Waals surface area contributed by atoms with E-state index in [1.807, 2.05) is 13.8 Å². The van der Waals surface area contributed by atoms with Crippen LogP contribution < -0.4 is 0 Å². The van der Waals surface area contributed by atoms with Gasteiger partial charge in [0.25, 0.3) is 5.97 Å². The van der Waals surface area contributed by atoms with Crippen molar-refractivity contribution in [3.8, 4) is 0 Å². The molecule has 0 aliphatic carbocycles. The number of fused-ring (bicyclic) bond motifs is 1. The van der Waals surface area contributed by atoms with Gasteiger partial charge < -0.3 is 14.9 Å². The SMILES string of the molecule is CC.COC(O)(O)C12CCCN1CC(F)C2. The van der Waals surface area contributed by atoms with Crippen molar-refractivity contribution in [2.75, 3.05) is 20.2 Å². The minimum absolute atomic E-state index is 0.147. The maximum atomic E-state index is 13.2. The van der Waals surface area contributed by atoms with Crippen molar-refractivity contribution in [3.05, 3.63) is 0 Å². The van der Waals surface area contributed by atoms with Crippen LogP contribution in [0, 0.1) is 0 Å². The molecule has 2 atom stereocenters. The monoisotopic (exact) mass is 235 g/mol. The van der Waals surface area contributed by atoms with E-state index in [0.29, 0.717) is 13.0 Å². The van der Waals surface area contributed by atoms with Crippen LogP contribution in [0.5, 0.6) is 0 Å². The van der Waals surface area contributed by atoms with Crippen LogP contribution in [-0.4, -0.2) is 53.0 Å². The van der Waals surface area contributed by atoms with Crippen molar-refractivity contribution in [2.45, 2.75) is 50.8 Å². The van der Waals surface area contributed by atoms with Gasteiger partial charge in [-0.1, -0.05) is 13.8 Å². The lowest BCUT2D eigenvalue weighted by Crippen LogP contribution is -2.59. The first kappa shape index (κ1) is 13.8. The van der Waals surface area contributed by atoms with Crippen LogP contribution in [0.15, 0.2) is 0 Å². The molecule has 2 heterocycles. The van der Waals surface area contributed by atoms with Gasteiger partial charge in [0.15, 0.2) is 0 Å². The molecule has 0 aromatic carbocycles. The Morgan fingerprint density at radius 2 is 2.06 bits per heavy atom. The molecular weight excluding hydrogens is 213 g/mol. The van der Waals surface area contributed by atoms with Gasteiger partial charge in [-0.15, -0.1) is 0 Å². The molecule has 16 heavy (non-hydrogen) atoms. The predicted molar refractivity (Wildman–Crippen MR) is 58.6 cm³/mol. The number of alkyl halides is 1. The number of ether oxygens (including phenoxy) is 1. The van der Waals surface area contributed by atoms with Gasteiger partial charge in [0.05, 0.1) is 0 Å². The zero-order valence-electron chi connectivity index (χ0n) is 10.2. The fraction of sp³-hybridized carbons (Fsp3) is 1.00. The van der Waals surface area contributed by atoms with Crippen molar-refractivity contribution in [1.82, 2.24) is 4.90 Å². The highest BCUT2D eigenvalue weighted by atomic mass is 19.1. The minimum Gasteiger partial charge on any atom is -0.342 e. The first-order valence-corrected chi connectivity index (χ1v) is 5.91. The van der Waals surface area contributed by atoms with E-state index in [-0.39, 0.29) is 13.0 Å². The Labute approximate surface area is 96.0 Å². The van der Waals surface area contributed by atoms with E-state index in [9.17, 15) is 14.6 Å². The highest BCUT2D eigenvalue weighted by Crippen LogP contribution is 2.46. The molecule has 0 aromatic heterocycles. The topological polar surface area (TPSA) is 52.9 Å². The molecule has 0 aromatic rings. The summed E-state index contributed by atoms with van der Waals surface area (Å²) in [5.41, 5.74) is -0.929. The van der Waals surface area contributed by atoms with E-state index in [2.05, 4.69) is 4.74 Å². The highest BCUT2D eigenvalue weighted by molar-refractivity contribution is 5.07. The maximum absolute atomic E-state index is 13.2. The second kappa shape index (κ2) is 4.96. The highest BCUT2D eigenvalue weighted by Gasteiger charge is 2.61. The van der Waals surface area contributed by atoms with Crippen molar-refractivity contribution < 1.29 is 19.3 Å². The minimum atomic E-state index is -2.23. The third kappa shape index (κ3) is 1.97. The number of halogens is 1. The summed E-state index contributed by atoms with van der Waals surface area (Å²) >= 11 is 0. The fourth-order valence-electron chi connectivity index (χ4n) is 2.79. The first-order chi connectivity index (χ1) is 7.52. The molecule has 5 heteroatoms. The van der Waals surface area contributed by atoms with Crippen molar-refractivity contribution in [3.63, 3.8) is 0 Å². The molecule has 0 bridgehead atoms. The third-order valence-electron chi connectivity index (χ3n) is 3.49. The lowest BCUT2D eigenvalue weighted by Gasteiger charge is -2.40. The number of aliphatic hydroxyl groups is 2. The average molecular weight is 235 g/mol. The average Bonchev–Trinajstić information content (AvgIpc) is 2.77. The van der Waals surface area contributed by atoms with Crippen LogP contribution in [0.2, 0.25) is 0 Å². The summed E-state index contributed by atoms with van der Waals surface area (Å²) in [6, 6.07) is 0. The quantitative estimate of drug-likeness (QED) is 0.697. The summed E-state index contributed by atoms with van der Waals surface area (Å²) in [5.74, 6) is -2.23. The van der Waals surface area contributed by atoms with Crippen LogP contribution >= 0.6 is 0 Å². The first-order valence-electron chi connectivity index (χ1n) is 5.91. The van der Waals surface area contributed by atoms with E-state index < -0.39 is 17.7 Å². The molecular formula is C11H22FNO3. The van der Waals surface area contributed by atoms with Gasteiger partial charge in [-0.3, -0.25) is 4.90 Å². The second-order valence-electron chi connectivity index (χ2n) is 4.19. The van der Waals surface area contributed by atoms with Crippen molar-refractivity contribution in [1.29, 1.82) is 0 Å². The molecule has 0 radical (unpaired) electrons. The zero-order chi connectivity index (χ0) is 12.4. The lowest BCUT2D eigenvalue weighted by molar-refractivity contribution is -0.376. The molecule has 2 N–H and O–H groups in total. The Balaban J connectivity index is 0.000000606. The molecule has 2 rings (SSSR count). The van der Waals surface area contributed by atoms with Crippen LogP contribution in [0.3, 0.4) is 0 Å². The van der Waals surface area contributed by atoms with Crippen molar-refractivity contribution >= 4 is 0 Å². The standard InChI is InChI=1S/C9H16FNO3.C2H6/c1-14-9(12,13)8-3-2-4-11(8)6-7(10)5-8;1-2/h7,12-13H,2-6H2,1H3;1-2H3. The second-order valence-corrected chi connectivity index (χ2v) is 4.19. The molecule has 2 fully saturated rings. The Bertz CT molecular complexity index is 237. The summed E-state index contributed by atoms with van der Waals surface area (Å²) in [7, 11) is 1.23. The van der Waals surface area contributed by atoms with Gasteiger partial charge in [0.1, 0.15) is 11.7 Å².